The second kappa shape index (κ2) is 13.8. The molecule has 0 aliphatic rings. The van der Waals surface area contributed by atoms with Gasteiger partial charge in [0, 0.05) is 37.8 Å². The number of nitrogens with zero attached hydrogens (tertiary/aromatic N) is 3. The SMILES string of the molecule is CCNC(=NCC(Nc1ccccc1)C(C)C)N(C)Cc1csc(C(C)OC)n1.I. The van der Waals surface area contributed by atoms with Crippen LogP contribution in [0.1, 0.15) is 44.5 Å². The van der Waals surface area contributed by atoms with Crippen molar-refractivity contribution in [3.05, 3.63) is 46.4 Å². The first kappa shape index (κ1) is 26.6. The molecule has 0 bridgehead atoms. The van der Waals surface area contributed by atoms with Crippen LogP contribution < -0.4 is 10.6 Å². The summed E-state index contributed by atoms with van der Waals surface area (Å²) in [6.45, 7) is 10.8. The Hall–Kier alpha value is -1.39. The van der Waals surface area contributed by atoms with E-state index in [4.69, 9.17) is 14.7 Å². The maximum absolute atomic E-state index is 5.37. The molecule has 0 aliphatic heterocycles. The van der Waals surface area contributed by atoms with Crippen LogP contribution in [0.3, 0.4) is 0 Å². The van der Waals surface area contributed by atoms with Gasteiger partial charge in [-0.2, -0.15) is 0 Å². The fourth-order valence-electron chi connectivity index (χ4n) is 2.83. The summed E-state index contributed by atoms with van der Waals surface area (Å²) in [5.74, 6) is 1.35. The van der Waals surface area contributed by atoms with Crippen LogP contribution in [0.5, 0.6) is 0 Å². The van der Waals surface area contributed by atoms with Gasteiger partial charge in [-0.25, -0.2) is 4.98 Å². The number of anilines is 1. The van der Waals surface area contributed by atoms with Gasteiger partial charge in [0.2, 0.25) is 0 Å². The number of para-hydroxylation sites is 1. The predicted octanol–water partition coefficient (Wildman–Crippen LogP) is 5.00. The molecule has 2 aromatic rings. The van der Waals surface area contributed by atoms with E-state index in [2.05, 4.69) is 60.9 Å². The highest BCUT2D eigenvalue weighted by Crippen LogP contribution is 2.21. The number of hydrogen-bond donors (Lipinski definition) is 2. The summed E-state index contributed by atoms with van der Waals surface area (Å²) < 4.78 is 5.37. The van der Waals surface area contributed by atoms with Crippen molar-refractivity contribution < 1.29 is 4.74 Å². The minimum absolute atomic E-state index is 0. The summed E-state index contributed by atoms with van der Waals surface area (Å²) in [4.78, 5) is 11.7. The molecule has 0 amide bonds. The van der Waals surface area contributed by atoms with Crippen LogP contribution in [0, 0.1) is 5.92 Å². The lowest BCUT2D eigenvalue weighted by molar-refractivity contribution is 0.119. The number of hydrogen-bond acceptors (Lipinski definition) is 5. The van der Waals surface area contributed by atoms with E-state index in [1.807, 2.05) is 25.1 Å². The first-order valence-electron chi connectivity index (χ1n) is 10.2. The largest absolute Gasteiger partial charge is 0.380 e. The van der Waals surface area contributed by atoms with Crippen molar-refractivity contribution in [2.24, 2.45) is 10.9 Å². The van der Waals surface area contributed by atoms with E-state index in [-0.39, 0.29) is 36.1 Å². The number of benzene rings is 1. The zero-order valence-electron chi connectivity index (χ0n) is 18.9. The Labute approximate surface area is 202 Å². The lowest BCUT2D eigenvalue weighted by Gasteiger charge is -2.25. The summed E-state index contributed by atoms with van der Waals surface area (Å²) in [5.41, 5.74) is 2.16. The van der Waals surface area contributed by atoms with Gasteiger partial charge in [0.1, 0.15) is 11.1 Å². The molecular weight excluding hydrogens is 509 g/mol. The predicted molar refractivity (Wildman–Crippen MR) is 139 cm³/mol. The van der Waals surface area contributed by atoms with E-state index in [9.17, 15) is 0 Å². The lowest BCUT2D eigenvalue weighted by Crippen LogP contribution is -2.40. The average Bonchev–Trinajstić information content (AvgIpc) is 3.18. The van der Waals surface area contributed by atoms with E-state index in [1.54, 1.807) is 18.4 Å². The zero-order valence-corrected chi connectivity index (χ0v) is 22.0. The van der Waals surface area contributed by atoms with Crippen LogP contribution in [-0.2, 0) is 11.3 Å². The van der Waals surface area contributed by atoms with Crippen molar-refractivity contribution in [3.8, 4) is 0 Å². The van der Waals surface area contributed by atoms with Gasteiger partial charge in [-0.1, -0.05) is 32.0 Å². The van der Waals surface area contributed by atoms with Gasteiger partial charge in [-0.3, -0.25) is 4.99 Å². The van der Waals surface area contributed by atoms with Gasteiger partial charge in [-0.15, -0.1) is 35.3 Å². The van der Waals surface area contributed by atoms with E-state index in [1.165, 1.54) is 0 Å². The number of aliphatic imine (C=N–C) groups is 1. The standard InChI is InChI=1S/C22H35N5OS.HI/c1-7-23-22(27(5)14-19-15-29-21(26-19)17(4)28-6)24-13-20(16(2)3)25-18-11-9-8-10-12-18;/h8-12,15-17,20,25H,7,13-14H2,1-6H3,(H,23,24);1H. The third-order valence-corrected chi connectivity index (χ3v) is 5.79. The molecule has 0 fully saturated rings. The first-order chi connectivity index (χ1) is 13.9. The molecule has 0 radical (unpaired) electrons. The molecule has 0 spiro atoms. The molecule has 30 heavy (non-hydrogen) atoms. The van der Waals surface area contributed by atoms with Crippen LogP contribution >= 0.6 is 35.3 Å². The topological polar surface area (TPSA) is 61.8 Å². The molecule has 8 heteroatoms. The Morgan fingerprint density at radius 1 is 1.23 bits per heavy atom. The Morgan fingerprint density at radius 3 is 2.53 bits per heavy atom. The molecule has 6 nitrogen and oxygen atoms in total. The monoisotopic (exact) mass is 545 g/mol. The summed E-state index contributed by atoms with van der Waals surface area (Å²) >= 11 is 1.64. The minimum Gasteiger partial charge on any atom is -0.380 e. The molecule has 2 rings (SSSR count). The molecular formula is C22H36IN5OS. The number of nitrogens with one attached hydrogen (secondary N) is 2. The number of halogens is 1. The molecule has 168 valence electrons. The van der Waals surface area contributed by atoms with Crippen LogP contribution in [0.15, 0.2) is 40.7 Å². The molecule has 2 unspecified atom stereocenters. The van der Waals surface area contributed by atoms with Gasteiger partial charge in [0.25, 0.3) is 0 Å². The molecule has 0 saturated heterocycles. The maximum atomic E-state index is 5.37. The van der Waals surface area contributed by atoms with E-state index in [0.717, 1.165) is 28.9 Å². The second-order valence-electron chi connectivity index (χ2n) is 7.47. The lowest BCUT2D eigenvalue weighted by atomic mass is 10.0. The van der Waals surface area contributed by atoms with Crippen molar-refractivity contribution in [2.75, 3.05) is 32.6 Å². The highest BCUT2D eigenvalue weighted by molar-refractivity contribution is 14.0. The van der Waals surface area contributed by atoms with Gasteiger partial charge in [0.05, 0.1) is 18.8 Å². The molecule has 0 aliphatic carbocycles. The number of ether oxygens (including phenoxy) is 1. The van der Waals surface area contributed by atoms with Crippen molar-refractivity contribution in [2.45, 2.75) is 46.4 Å². The summed E-state index contributed by atoms with van der Waals surface area (Å²) in [7, 11) is 3.76. The van der Waals surface area contributed by atoms with E-state index < -0.39 is 0 Å². The third-order valence-electron chi connectivity index (χ3n) is 4.73. The second-order valence-corrected chi connectivity index (χ2v) is 8.36. The van der Waals surface area contributed by atoms with E-state index >= 15 is 0 Å². The fourth-order valence-corrected chi connectivity index (χ4v) is 3.67. The van der Waals surface area contributed by atoms with Crippen molar-refractivity contribution in [1.82, 2.24) is 15.2 Å². The maximum Gasteiger partial charge on any atom is 0.194 e. The Morgan fingerprint density at radius 2 is 1.93 bits per heavy atom. The molecule has 2 atom stereocenters. The summed E-state index contributed by atoms with van der Waals surface area (Å²) in [6.07, 6.45) is 0.0248. The smallest absolute Gasteiger partial charge is 0.194 e. The van der Waals surface area contributed by atoms with Crippen molar-refractivity contribution in [1.29, 1.82) is 0 Å². The Bertz CT molecular complexity index is 753. The molecule has 1 aromatic heterocycles. The number of thiazole rings is 1. The van der Waals surface area contributed by atoms with Crippen molar-refractivity contribution >= 4 is 47.0 Å². The Balaban J connectivity index is 0.00000450. The van der Waals surface area contributed by atoms with Gasteiger partial charge in [-0.05, 0) is 31.9 Å². The molecule has 2 N–H and O–H groups in total. The fraction of sp³-hybridized carbons (Fsp3) is 0.545. The number of rotatable bonds is 10. The highest BCUT2D eigenvalue weighted by atomic mass is 127. The summed E-state index contributed by atoms with van der Waals surface area (Å²) in [5, 5.41) is 10.1. The minimum atomic E-state index is 0. The Kier molecular flexibility index (Phi) is 12.3. The van der Waals surface area contributed by atoms with Crippen LogP contribution in [0.25, 0.3) is 0 Å². The van der Waals surface area contributed by atoms with Gasteiger partial charge >= 0.3 is 0 Å². The molecule has 1 aromatic carbocycles. The highest BCUT2D eigenvalue weighted by Gasteiger charge is 2.16. The zero-order chi connectivity index (χ0) is 21.2. The molecule has 1 heterocycles. The van der Waals surface area contributed by atoms with Crippen LogP contribution in [0.2, 0.25) is 0 Å². The van der Waals surface area contributed by atoms with Gasteiger partial charge < -0.3 is 20.3 Å². The number of aromatic nitrogens is 1. The first-order valence-corrected chi connectivity index (χ1v) is 11.1. The van der Waals surface area contributed by atoms with Crippen molar-refractivity contribution in [3.63, 3.8) is 0 Å². The molecule has 0 saturated carbocycles. The quantitative estimate of drug-likeness (QED) is 0.250. The van der Waals surface area contributed by atoms with Crippen LogP contribution in [-0.4, -0.2) is 49.1 Å². The summed E-state index contributed by atoms with van der Waals surface area (Å²) in [6, 6.07) is 10.6. The van der Waals surface area contributed by atoms with Gasteiger partial charge in [0.15, 0.2) is 5.96 Å². The number of methoxy groups -OCH3 is 1. The normalized spacial score (nSPS) is 13.5. The number of guanidine groups is 1. The third kappa shape index (κ3) is 8.39. The average molecular weight is 546 g/mol. The van der Waals surface area contributed by atoms with E-state index in [0.29, 0.717) is 19.0 Å². The van der Waals surface area contributed by atoms with Crippen LogP contribution in [0.4, 0.5) is 5.69 Å².